The van der Waals surface area contributed by atoms with Crippen LogP contribution in [0.25, 0.3) is 6.08 Å². The van der Waals surface area contributed by atoms with Crippen molar-refractivity contribution in [3.05, 3.63) is 70.3 Å². The van der Waals surface area contributed by atoms with Crippen molar-refractivity contribution >= 4 is 23.9 Å². The maximum atomic E-state index is 12.6. The van der Waals surface area contributed by atoms with Gasteiger partial charge in [-0.3, -0.25) is 4.79 Å². The van der Waals surface area contributed by atoms with Crippen LogP contribution in [0.4, 0.5) is 13.2 Å². The van der Waals surface area contributed by atoms with Crippen LogP contribution in [0.5, 0.6) is 5.75 Å². The summed E-state index contributed by atoms with van der Waals surface area (Å²) in [5.74, 6) is -3.79. The van der Waals surface area contributed by atoms with Gasteiger partial charge in [0.25, 0.3) is 5.91 Å². The van der Waals surface area contributed by atoms with Crippen molar-refractivity contribution in [2.75, 3.05) is 7.11 Å². The molecule has 0 bridgehead atoms. The molecule has 0 spiro atoms. The second-order valence-corrected chi connectivity index (χ2v) is 6.01. The number of benzene rings is 2. The highest BCUT2D eigenvalue weighted by atomic mass is 19.4. The highest BCUT2D eigenvalue weighted by molar-refractivity contribution is 6.16. The molecular weight excluding hydrogens is 407 g/mol. The molecule has 2 rings (SSSR count). The van der Waals surface area contributed by atoms with Gasteiger partial charge in [-0.05, 0) is 41.5 Å². The standard InChI is InChI=1S/C20H16F3NO6/c1-30-16-7-4-12(9-15(18(26)27)19(28)29)8-14(16)17(25)24-10-11-2-5-13(6-3-11)20(21,22)23/h2-9H,10H2,1H3,(H,24,25)(H,26,27)(H,28,29). The van der Waals surface area contributed by atoms with Crippen LogP contribution in [0, 0.1) is 0 Å². The minimum Gasteiger partial charge on any atom is -0.496 e. The van der Waals surface area contributed by atoms with E-state index in [0.717, 1.165) is 18.2 Å². The van der Waals surface area contributed by atoms with Crippen molar-refractivity contribution in [1.29, 1.82) is 0 Å². The van der Waals surface area contributed by atoms with Crippen LogP contribution in [0.15, 0.2) is 48.0 Å². The smallest absolute Gasteiger partial charge is 0.416 e. The lowest BCUT2D eigenvalue weighted by atomic mass is 10.1. The van der Waals surface area contributed by atoms with Gasteiger partial charge in [0, 0.05) is 6.54 Å². The molecule has 0 unspecified atom stereocenters. The Morgan fingerprint density at radius 2 is 1.63 bits per heavy atom. The summed E-state index contributed by atoms with van der Waals surface area (Å²) < 4.78 is 42.9. The number of aliphatic carboxylic acids is 2. The van der Waals surface area contributed by atoms with Crippen LogP contribution in [0.3, 0.4) is 0 Å². The average molecular weight is 423 g/mol. The summed E-state index contributed by atoms with van der Waals surface area (Å²) in [6.45, 7) is -0.0737. The molecule has 158 valence electrons. The molecule has 0 heterocycles. The normalized spacial score (nSPS) is 10.8. The third-order valence-electron chi connectivity index (χ3n) is 3.97. The third kappa shape index (κ3) is 5.60. The number of ether oxygens (including phenoxy) is 1. The van der Waals surface area contributed by atoms with E-state index in [1.165, 1.54) is 37.4 Å². The number of methoxy groups -OCH3 is 1. The summed E-state index contributed by atoms with van der Waals surface area (Å²) in [6, 6.07) is 8.22. The zero-order valence-corrected chi connectivity index (χ0v) is 15.5. The molecule has 0 saturated carbocycles. The summed E-state index contributed by atoms with van der Waals surface area (Å²) in [6.07, 6.45) is -3.58. The van der Waals surface area contributed by atoms with Gasteiger partial charge in [0.1, 0.15) is 11.3 Å². The summed E-state index contributed by atoms with van der Waals surface area (Å²) >= 11 is 0. The number of amides is 1. The van der Waals surface area contributed by atoms with E-state index in [2.05, 4.69) is 5.32 Å². The Kier molecular flexibility index (Phi) is 6.83. The molecule has 0 fully saturated rings. The van der Waals surface area contributed by atoms with E-state index in [0.29, 0.717) is 5.56 Å². The number of carboxylic acids is 2. The lowest BCUT2D eigenvalue weighted by Gasteiger charge is -2.11. The van der Waals surface area contributed by atoms with Crippen LogP contribution in [-0.2, 0) is 22.3 Å². The average Bonchev–Trinajstić information content (AvgIpc) is 2.69. The number of carbonyl (C=O) groups is 3. The summed E-state index contributed by atoms with van der Waals surface area (Å²) in [5.41, 5.74) is -1.16. The van der Waals surface area contributed by atoms with Gasteiger partial charge in [0.2, 0.25) is 0 Å². The molecule has 0 saturated heterocycles. The summed E-state index contributed by atoms with van der Waals surface area (Å²) in [5, 5.41) is 20.4. The van der Waals surface area contributed by atoms with Gasteiger partial charge in [-0.1, -0.05) is 18.2 Å². The number of nitrogens with one attached hydrogen (secondary N) is 1. The molecule has 7 nitrogen and oxygen atoms in total. The number of alkyl halides is 3. The zero-order valence-electron chi connectivity index (χ0n) is 15.5. The lowest BCUT2D eigenvalue weighted by molar-refractivity contribution is -0.140. The summed E-state index contributed by atoms with van der Waals surface area (Å²) in [4.78, 5) is 34.5. The predicted molar refractivity (Wildman–Crippen MR) is 98.9 cm³/mol. The van der Waals surface area contributed by atoms with Crippen molar-refractivity contribution in [2.45, 2.75) is 12.7 Å². The van der Waals surface area contributed by atoms with E-state index >= 15 is 0 Å². The van der Waals surface area contributed by atoms with E-state index in [4.69, 9.17) is 14.9 Å². The van der Waals surface area contributed by atoms with E-state index < -0.39 is 35.2 Å². The maximum absolute atomic E-state index is 12.6. The van der Waals surface area contributed by atoms with Crippen LogP contribution >= 0.6 is 0 Å². The number of hydrogen-bond donors (Lipinski definition) is 3. The van der Waals surface area contributed by atoms with Crippen LogP contribution in [0.2, 0.25) is 0 Å². The third-order valence-corrected chi connectivity index (χ3v) is 3.97. The van der Waals surface area contributed by atoms with Crippen LogP contribution in [0.1, 0.15) is 27.0 Å². The first-order valence-electron chi connectivity index (χ1n) is 8.33. The highest BCUT2D eigenvalue weighted by Crippen LogP contribution is 2.29. The van der Waals surface area contributed by atoms with Crippen molar-refractivity contribution in [1.82, 2.24) is 5.32 Å². The van der Waals surface area contributed by atoms with Gasteiger partial charge >= 0.3 is 18.1 Å². The molecule has 0 atom stereocenters. The minimum absolute atomic E-state index is 0.00621. The number of hydrogen-bond acceptors (Lipinski definition) is 4. The quantitative estimate of drug-likeness (QED) is 0.358. The fourth-order valence-corrected chi connectivity index (χ4v) is 2.46. The molecule has 3 N–H and O–H groups in total. The Balaban J connectivity index is 2.23. The van der Waals surface area contributed by atoms with Crippen molar-refractivity contribution in [3.63, 3.8) is 0 Å². The molecule has 1 amide bonds. The van der Waals surface area contributed by atoms with Crippen LogP contribution in [-0.4, -0.2) is 35.2 Å². The van der Waals surface area contributed by atoms with Gasteiger partial charge in [0.05, 0.1) is 18.2 Å². The molecule has 0 aliphatic carbocycles. The Morgan fingerprint density at radius 3 is 2.13 bits per heavy atom. The fraction of sp³-hybridized carbons (Fsp3) is 0.150. The largest absolute Gasteiger partial charge is 0.496 e. The molecule has 10 heteroatoms. The van der Waals surface area contributed by atoms with Gasteiger partial charge in [-0.15, -0.1) is 0 Å². The maximum Gasteiger partial charge on any atom is 0.416 e. The first-order chi connectivity index (χ1) is 14.0. The van der Waals surface area contributed by atoms with E-state index in [-0.39, 0.29) is 23.4 Å². The predicted octanol–water partition coefficient (Wildman–Crippen LogP) is 3.20. The fourth-order valence-electron chi connectivity index (χ4n) is 2.46. The summed E-state index contributed by atoms with van der Waals surface area (Å²) in [7, 11) is 1.30. The molecule has 2 aromatic rings. The first kappa shape index (κ1) is 22.5. The van der Waals surface area contributed by atoms with Crippen molar-refractivity contribution in [2.24, 2.45) is 0 Å². The highest BCUT2D eigenvalue weighted by Gasteiger charge is 2.29. The zero-order chi connectivity index (χ0) is 22.5. The molecule has 0 aliphatic rings. The second kappa shape index (κ2) is 9.12. The molecular formula is C20H16F3NO6. The second-order valence-electron chi connectivity index (χ2n) is 6.01. The molecule has 0 aliphatic heterocycles. The van der Waals surface area contributed by atoms with Crippen molar-refractivity contribution in [3.8, 4) is 5.75 Å². The minimum atomic E-state index is -4.46. The number of carboxylic acid groups (broad SMARTS) is 2. The SMILES string of the molecule is COc1ccc(C=C(C(=O)O)C(=O)O)cc1C(=O)NCc1ccc(C(F)(F)F)cc1. The van der Waals surface area contributed by atoms with Gasteiger partial charge in [-0.2, -0.15) is 13.2 Å². The molecule has 0 aromatic heterocycles. The Labute approximate surface area is 168 Å². The topological polar surface area (TPSA) is 113 Å². The molecule has 2 aromatic carbocycles. The number of carbonyl (C=O) groups excluding carboxylic acids is 1. The molecule has 30 heavy (non-hydrogen) atoms. The van der Waals surface area contributed by atoms with E-state index in [1.54, 1.807) is 0 Å². The van der Waals surface area contributed by atoms with E-state index in [9.17, 15) is 27.6 Å². The van der Waals surface area contributed by atoms with Gasteiger partial charge < -0.3 is 20.3 Å². The van der Waals surface area contributed by atoms with Gasteiger partial charge in [0.15, 0.2) is 0 Å². The Hall–Kier alpha value is -3.82. The Morgan fingerprint density at radius 1 is 1.03 bits per heavy atom. The Bertz CT molecular complexity index is 981. The lowest BCUT2D eigenvalue weighted by Crippen LogP contribution is -2.23. The van der Waals surface area contributed by atoms with E-state index in [1.807, 2.05) is 0 Å². The molecule has 0 radical (unpaired) electrons. The number of rotatable bonds is 7. The number of halogens is 3. The van der Waals surface area contributed by atoms with Crippen molar-refractivity contribution < 1.29 is 42.5 Å². The van der Waals surface area contributed by atoms with Gasteiger partial charge in [-0.25, -0.2) is 9.59 Å². The first-order valence-corrected chi connectivity index (χ1v) is 8.33. The monoisotopic (exact) mass is 423 g/mol. The van der Waals surface area contributed by atoms with Crippen LogP contribution < -0.4 is 10.1 Å².